The topological polar surface area (TPSA) is 55.4 Å². The van der Waals surface area contributed by atoms with Crippen LogP contribution < -0.4 is 5.32 Å². The molecule has 4 nitrogen and oxygen atoms in total. The minimum Gasteiger partial charge on any atom is -0.466 e. The van der Waals surface area contributed by atoms with Crippen LogP contribution >= 0.6 is 22.6 Å². The molecule has 0 saturated heterocycles. The summed E-state index contributed by atoms with van der Waals surface area (Å²) in [5.41, 5.74) is 0. The maximum absolute atomic E-state index is 11.2. The van der Waals surface area contributed by atoms with Crippen LogP contribution in [0.25, 0.3) is 0 Å². The van der Waals surface area contributed by atoms with Gasteiger partial charge in [-0.1, -0.05) is 19.8 Å². The fourth-order valence-electron chi connectivity index (χ4n) is 1.13. The molecule has 96 valence electrons. The Bertz CT molecular complexity index is 294. The van der Waals surface area contributed by atoms with Crippen LogP contribution in [-0.4, -0.2) is 25.0 Å². The van der Waals surface area contributed by atoms with E-state index < -0.39 is 0 Å². The number of carbonyl (C=O) groups excluding carboxylic acids is 2. The summed E-state index contributed by atoms with van der Waals surface area (Å²) in [4.78, 5) is 22.1. The average molecular weight is 351 g/mol. The van der Waals surface area contributed by atoms with E-state index in [1.807, 2.05) is 0 Å². The van der Waals surface area contributed by atoms with Gasteiger partial charge in [-0.15, -0.1) is 0 Å². The molecule has 0 radical (unpaired) electrons. The van der Waals surface area contributed by atoms with Crippen molar-refractivity contribution in [2.24, 2.45) is 0 Å². The van der Waals surface area contributed by atoms with E-state index in [1.54, 1.807) is 22.6 Å². The number of amides is 1. The molecule has 0 heterocycles. The number of hydrogen-bond donors (Lipinski definition) is 1. The molecular weight excluding hydrogens is 333 g/mol. The second-order valence-corrected chi connectivity index (χ2v) is 4.05. The van der Waals surface area contributed by atoms with Gasteiger partial charge in [0.15, 0.2) is 0 Å². The van der Waals surface area contributed by atoms with Gasteiger partial charge in [0.1, 0.15) is 0 Å². The van der Waals surface area contributed by atoms with Crippen LogP contribution in [-0.2, 0) is 14.3 Å². The number of esters is 1. The predicted molar refractivity (Wildman–Crippen MR) is 74.5 cm³/mol. The Kier molecular flexibility index (Phi) is 11.2. The maximum Gasteiger partial charge on any atom is 0.305 e. The van der Waals surface area contributed by atoms with Gasteiger partial charge in [-0.05, 0) is 16.8 Å². The fraction of sp³-hybridized carbons (Fsp3) is 0.667. The lowest BCUT2D eigenvalue weighted by atomic mass is 10.3. The van der Waals surface area contributed by atoms with Gasteiger partial charge in [0.25, 0.3) is 5.91 Å². The van der Waals surface area contributed by atoms with Crippen molar-refractivity contribution < 1.29 is 14.3 Å². The second-order valence-electron chi connectivity index (χ2n) is 3.51. The number of unbranched alkanes of at least 4 members (excludes halogenated alkanes) is 2. The third-order valence-electron chi connectivity index (χ3n) is 2.01. The van der Waals surface area contributed by atoms with Crippen molar-refractivity contribution in [1.29, 1.82) is 0 Å². The first-order valence-corrected chi connectivity index (χ1v) is 6.83. The molecule has 1 amide bonds. The molecule has 0 unspecified atom stereocenters. The Balaban J connectivity index is 3.38. The van der Waals surface area contributed by atoms with E-state index in [-0.39, 0.29) is 11.9 Å². The first-order chi connectivity index (χ1) is 8.20. The lowest BCUT2D eigenvalue weighted by molar-refractivity contribution is -0.144. The highest BCUT2D eigenvalue weighted by atomic mass is 127. The summed E-state index contributed by atoms with van der Waals surface area (Å²) in [6.45, 7) is 3.05. The Labute approximate surface area is 116 Å². The predicted octanol–water partition coefficient (Wildman–Crippen LogP) is 2.01. The molecular formula is C12H18INO3. The molecule has 0 aliphatic heterocycles. The zero-order chi connectivity index (χ0) is 12.9. The smallest absolute Gasteiger partial charge is 0.305 e. The summed E-state index contributed by atoms with van der Waals surface area (Å²) < 4.78 is 7.49. The van der Waals surface area contributed by atoms with E-state index in [1.165, 1.54) is 0 Å². The van der Waals surface area contributed by atoms with E-state index in [4.69, 9.17) is 4.74 Å². The lowest BCUT2D eigenvalue weighted by Gasteiger charge is -2.04. The van der Waals surface area contributed by atoms with Crippen molar-refractivity contribution in [3.05, 3.63) is 0 Å². The van der Waals surface area contributed by atoms with Crippen LogP contribution in [0.15, 0.2) is 0 Å². The van der Waals surface area contributed by atoms with Crippen LogP contribution in [0.2, 0.25) is 0 Å². The van der Waals surface area contributed by atoms with Crippen molar-refractivity contribution >= 4 is 34.5 Å². The summed E-state index contributed by atoms with van der Waals surface area (Å²) in [6, 6.07) is 0. The third kappa shape index (κ3) is 11.5. The highest BCUT2D eigenvalue weighted by molar-refractivity contribution is 14.1. The molecule has 0 fully saturated rings. The molecule has 0 atom stereocenters. The molecule has 0 saturated carbocycles. The number of halogens is 1. The largest absolute Gasteiger partial charge is 0.466 e. The Hall–Kier alpha value is -0.770. The highest BCUT2D eigenvalue weighted by Crippen LogP contribution is 1.97. The highest BCUT2D eigenvalue weighted by Gasteiger charge is 2.02. The summed E-state index contributed by atoms with van der Waals surface area (Å²) in [7, 11) is 0. The van der Waals surface area contributed by atoms with Gasteiger partial charge in [0.2, 0.25) is 0 Å². The number of ether oxygens (including phenoxy) is 1. The van der Waals surface area contributed by atoms with Crippen molar-refractivity contribution in [1.82, 2.24) is 5.32 Å². The van der Waals surface area contributed by atoms with Crippen LogP contribution in [0.5, 0.6) is 0 Å². The van der Waals surface area contributed by atoms with Crippen molar-refractivity contribution in [3.63, 3.8) is 0 Å². The van der Waals surface area contributed by atoms with Crippen molar-refractivity contribution in [2.45, 2.75) is 39.0 Å². The maximum atomic E-state index is 11.2. The van der Waals surface area contributed by atoms with Crippen LogP contribution in [0.4, 0.5) is 0 Å². The molecule has 17 heavy (non-hydrogen) atoms. The number of rotatable bonds is 8. The SMILES string of the molecule is CCCCCOC(=O)CCCNC(=O)C#CI. The van der Waals surface area contributed by atoms with Gasteiger partial charge in [-0.2, -0.15) is 0 Å². The van der Waals surface area contributed by atoms with E-state index in [0.29, 0.717) is 26.0 Å². The molecule has 5 heteroatoms. The number of nitrogens with one attached hydrogen (secondary N) is 1. The first-order valence-electron chi connectivity index (χ1n) is 5.75. The van der Waals surface area contributed by atoms with Crippen LogP contribution in [0, 0.1) is 9.85 Å². The third-order valence-corrected chi connectivity index (χ3v) is 2.28. The summed E-state index contributed by atoms with van der Waals surface area (Å²) >= 11 is 1.80. The van der Waals surface area contributed by atoms with Crippen molar-refractivity contribution in [3.8, 4) is 9.85 Å². The zero-order valence-electron chi connectivity index (χ0n) is 10.1. The van der Waals surface area contributed by atoms with Crippen LogP contribution in [0.1, 0.15) is 39.0 Å². The minimum absolute atomic E-state index is 0.199. The summed E-state index contributed by atoms with van der Waals surface area (Å²) in [5, 5.41) is 2.59. The van der Waals surface area contributed by atoms with Gasteiger partial charge in [0.05, 0.1) is 6.61 Å². The first kappa shape index (κ1) is 16.2. The molecule has 1 N–H and O–H groups in total. The zero-order valence-corrected chi connectivity index (χ0v) is 12.2. The molecule has 0 spiro atoms. The quantitative estimate of drug-likeness (QED) is 0.315. The van der Waals surface area contributed by atoms with Crippen molar-refractivity contribution in [2.75, 3.05) is 13.2 Å². The molecule has 0 bridgehead atoms. The Morgan fingerprint density at radius 2 is 2.06 bits per heavy atom. The van der Waals surface area contributed by atoms with Gasteiger partial charge < -0.3 is 10.1 Å². The normalized spacial score (nSPS) is 9.06. The van der Waals surface area contributed by atoms with Gasteiger partial charge in [0, 0.05) is 41.5 Å². The molecule has 0 aliphatic carbocycles. The standard InChI is InChI=1S/C12H18INO3/c1-2-3-4-10-17-12(16)6-5-9-14-11(15)7-8-13/h2-6,9-10H2,1H3,(H,14,15). The monoisotopic (exact) mass is 351 g/mol. The van der Waals surface area contributed by atoms with E-state index in [2.05, 4.69) is 22.1 Å². The van der Waals surface area contributed by atoms with Gasteiger partial charge in [-0.25, -0.2) is 0 Å². The fourth-order valence-corrected chi connectivity index (χ4v) is 1.38. The summed E-state index contributed by atoms with van der Waals surface area (Å²) in [5.74, 6) is 1.84. The minimum atomic E-state index is -0.310. The number of carbonyl (C=O) groups is 2. The van der Waals surface area contributed by atoms with Crippen LogP contribution in [0.3, 0.4) is 0 Å². The van der Waals surface area contributed by atoms with E-state index in [0.717, 1.165) is 19.3 Å². The van der Waals surface area contributed by atoms with E-state index >= 15 is 0 Å². The molecule has 0 aromatic heterocycles. The van der Waals surface area contributed by atoms with Gasteiger partial charge >= 0.3 is 5.97 Å². The van der Waals surface area contributed by atoms with Gasteiger partial charge in [-0.3, -0.25) is 9.59 Å². The average Bonchev–Trinajstić information content (AvgIpc) is 2.31. The lowest BCUT2D eigenvalue weighted by Crippen LogP contribution is -2.23. The second kappa shape index (κ2) is 11.7. The summed E-state index contributed by atoms with van der Waals surface area (Å²) in [6.07, 6.45) is 4.04. The molecule has 0 aromatic rings. The molecule has 0 aromatic carbocycles. The molecule has 0 rings (SSSR count). The molecule has 0 aliphatic rings. The Morgan fingerprint density at radius 1 is 1.29 bits per heavy atom. The Morgan fingerprint density at radius 3 is 2.71 bits per heavy atom. The van der Waals surface area contributed by atoms with E-state index in [9.17, 15) is 9.59 Å². The number of hydrogen-bond acceptors (Lipinski definition) is 3.